The molecule has 134 valence electrons. The molecule has 6 nitrogen and oxygen atoms in total. The summed E-state index contributed by atoms with van der Waals surface area (Å²) in [5, 5.41) is 19.5. The fraction of sp³-hybridized carbons (Fsp3) is 0.474. The number of hydrogen-bond acceptors (Lipinski definition) is 3. The third-order valence-corrected chi connectivity index (χ3v) is 4.86. The number of urea groups is 1. The molecule has 3 rings (SSSR count). The zero-order valence-electron chi connectivity index (χ0n) is 14.4. The highest BCUT2D eigenvalue weighted by Gasteiger charge is 2.25. The highest BCUT2D eigenvalue weighted by atomic mass is 16.3. The van der Waals surface area contributed by atoms with Crippen LogP contribution in [0.3, 0.4) is 0 Å². The van der Waals surface area contributed by atoms with Crippen molar-refractivity contribution in [2.24, 2.45) is 5.92 Å². The Hall–Kier alpha value is -2.34. The molecule has 1 aliphatic carbocycles. The van der Waals surface area contributed by atoms with Crippen molar-refractivity contribution in [3.63, 3.8) is 0 Å². The molecule has 1 aliphatic rings. The molecule has 1 aromatic carbocycles. The number of amides is 2. The van der Waals surface area contributed by atoms with Crippen molar-refractivity contribution in [3.8, 4) is 5.69 Å². The summed E-state index contributed by atoms with van der Waals surface area (Å²) in [5.41, 5.74) is 2.19. The van der Waals surface area contributed by atoms with E-state index >= 15 is 0 Å². The van der Waals surface area contributed by atoms with Crippen molar-refractivity contribution < 1.29 is 9.90 Å². The summed E-state index contributed by atoms with van der Waals surface area (Å²) in [4.78, 5) is 12.1. The van der Waals surface area contributed by atoms with Gasteiger partial charge in [0.05, 0.1) is 5.69 Å². The average Bonchev–Trinajstić information content (AvgIpc) is 3.17. The van der Waals surface area contributed by atoms with Crippen LogP contribution in [0.25, 0.3) is 5.69 Å². The summed E-state index contributed by atoms with van der Waals surface area (Å²) < 4.78 is 1.82. The van der Waals surface area contributed by atoms with Crippen molar-refractivity contribution in [3.05, 3.63) is 48.3 Å². The minimum atomic E-state index is -0.140. The molecule has 2 aromatic rings. The van der Waals surface area contributed by atoms with Crippen LogP contribution in [0.4, 0.5) is 4.79 Å². The van der Waals surface area contributed by atoms with Crippen LogP contribution in [0, 0.1) is 5.92 Å². The number of carbonyl (C=O) groups excluding carboxylic acids is 1. The van der Waals surface area contributed by atoms with Gasteiger partial charge in [-0.25, -0.2) is 9.48 Å². The standard InChI is InChI=1S/C19H26N4O2/c24-14-16-4-1-2-5-18(16)22-19(25)20-12-10-15-6-8-17(9-7-15)23-13-3-11-21-23/h3,6-9,11,13,16,18,24H,1-2,4-5,10,12,14H2,(H2,20,22,25)/t16-,18-/m0/s1. The van der Waals surface area contributed by atoms with Crippen molar-refractivity contribution in [2.45, 2.75) is 38.1 Å². The van der Waals surface area contributed by atoms with Crippen LogP contribution in [0.2, 0.25) is 0 Å². The van der Waals surface area contributed by atoms with Gasteiger partial charge in [-0.15, -0.1) is 0 Å². The van der Waals surface area contributed by atoms with Gasteiger partial charge in [0.15, 0.2) is 0 Å². The van der Waals surface area contributed by atoms with Gasteiger partial charge in [-0.05, 0) is 43.0 Å². The molecule has 2 atom stereocenters. The Bertz CT molecular complexity index is 655. The molecule has 1 fully saturated rings. The molecule has 1 aromatic heterocycles. The van der Waals surface area contributed by atoms with Gasteiger partial charge in [-0.1, -0.05) is 25.0 Å². The van der Waals surface area contributed by atoms with E-state index in [1.165, 1.54) is 5.56 Å². The minimum absolute atomic E-state index is 0.0899. The second kappa shape index (κ2) is 8.67. The zero-order chi connectivity index (χ0) is 17.5. The van der Waals surface area contributed by atoms with E-state index in [-0.39, 0.29) is 24.6 Å². The Balaban J connectivity index is 1.42. The Kier molecular flexibility index (Phi) is 6.06. The fourth-order valence-corrected chi connectivity index (χ4v) is 3.39. The van der Waals surface area contributed by atoms with Gasteiger partial charge in [0.1, 0.15) is 0 Å². The summed E-state index contributed by atoms with van der Waals surface area (Å²) in [6.07, 6.45) is 8.64. The highest BCUT2D eigenvalue weighted by molar-refractivity contribution is 5.74. The number of nitrogens with one attached hydrogen (secondary N) is 2. The molecule has 0 bridgehead atoms. The summed E-state index contributed by atoms with van der Waals surface area (Å²) in [6.45, 7) is 0.733. The van der Waals surface area contributed by atoms with E-state index in [2.05, 4.69) is 27.9 Å². The van der Waals surface area contributed by atoms with E-state index in [1.807, 2.05) is 29.1 Å². The molecule has 2 amide bonds. The first-order chi connectivity index (χ1) is 12.3. The summed E-state index contributed by atoms with van der Waals surface area (Å²) in [6, 6.07) is 10.0. The predicted octanol–water partition coefficient (Wildman–Crippen LogP) is 2.27. The van der Waals surface area contributed by atoms with Crippen molar-refractivity contribution in [1.29, 1.82) is 0 Å². The van der Waals surface area contributed by atoms with Crippen molar-refractivity contribution >= 4 is 6.03 Å². The summed E-state index contributed by atoms with van der Waals surface area (Å²) in [7, 11) is 0. The van der Waals surface area contributed by atoms with Gasteiger partial charge >= 0.3 is 6.03 Å². The van der Waals surface area contributed by atoms with E-state index in [1.54, 1.807) is 6.20 Å². The van der Waals surface area contributed by atoms with Crippen LogP contribution >= 0.6 is 0 Å². The maximum Gasteiger partial charge on any atom is 0.315 e. The lowest BCUT2D eigenvalue weighted by molar-refractivity contribution is 0.154. The molecule has 3 N–H and O–H groups in total. The first-order valence-electron chi connectivity index (χ1n) is 9.00. The van der Waals surface area contributed by atoms with Crippen LogP contribution in [-0.2, 0) is 6.42 Å². The SMILES string of the molecule is O=C(NCCc1ccc(-n2cccn2)cc1)N[C@H]1CCCC[C@H]1CO. The van der Waals surface area contributed by atoms with E-state index in [4.69, 9.17) is 0 Å². The van der Waals surface area contributed by atoms with E-state index in [0.29, 0.717) is 6.54 Å². The van der Waals surface area contributed by atoms with Gasteiger partial charge < -0.3 is 15.7 Å². The van der Waals surface area contributed by atoms with E-state index in [0.717, 1.165) is 37.8 Å². The molecular weight excluding hydrogens is 316 g/mol. The highest BCUT2D eigenvalue weighted by Crippen LogP contribution is 2.23. The van der Waals surface area contributed by atoms with E-state index < -0.39 is 0 Å². The monoisotopic (exact) mass is 342 g/mol. The molecule has 0 unspecified atom stereocenters. The van der Waals surface area contributed by atoms with Gasteiger partial charge in [0.2, 0.25) is 0 Å². The van der Waals surface area contributed by atoms with Crippen LogP contribution in [0.15, 0.2) is 42.7 Å². The van der Waals surface area contributed by atoms with Crippen molar-refractivity contribution in [2.75, 3.05) is 13.2 Å². The maximum absolute atomic E-state index is 12.1. The molecule has 1 saturated carbocycles. The van der Waals surface area contributed by atoms with Gasteiger partial charge in [0, 0.05) is 37.5 Å². The molecule has 1 heterocycles. The maximum atomic E-state index is 12.1. The minimum Gasteiger partial charge on any atom is -0.396 e. The van der Waals surface area contributed by atoms with Crippen LogP contribution in [0.1, 0.15) is 31.2 Å². The number of aromatic nitrogens is 2. The Morgan fingerprint density at radius 3 is 2.76 bits per heavy atom. The Labute approximate surface area is 148 Å². The molecular formula is C19H26N4O2. The number of aliphatic hydroxyl groups is 1. The van der Waals surface area contributed by atoms with E-state index in [9.17, 15) is 9.90 Å². The number of nitrogens with zero attached hydrogens (tertiary/aromatic N) is 2. The number of aliphatic hydroxyl groups excluding tert-OH is 1. The molecule has 25 heavy (non-hydrogen) atoms. The zero-order valence-corrected chi connectivity index (χ0v) is 14.4. The molecule has 6 heteroatoms. The second-order valence-electron chi connectivity index (χ2n) is 6.60. The molecule has 0 saturated heterocycles. The quantitative estimate of drug-likeness (QED) is 0.753. The summed E-state index contributed by atoms with van der Waals surface area (Å²) in [5.74, 6) is 0.189. The number of rotatable bonds is 6. The first-order valence-corrected chi connectivity index (χ1v) is 9.00. The summed E-state index contributed by atoms with van der Waals surface area (Å²) >= 11 is 0. The topological polar surface area (TPSA) is 79.2 Å². The van der Waals surface area contributed by atoms with Crippen LogP contribution in [-0.4, -0.2) is 40.1 Å². The third-order valence-electron chi connectivity index (χ3n) is 4.86. The molecule has 0 aliphatic heterocycles. The van der Waals surface area contributed by atoms with Crippen molar-refractivity contribution in [1.82, 2.24) is 20.4 Å². The Morgan fingerprint density at radius 2 is 2.04 bits per heavy atom. The third kappa shape index (κ3) is 4.82. The van der Waals surface area contributed by atoms with Gasteiger partial charge in [0.25, 0.3) is 0 Å². The predicted molar refractivity (Wildman–Crippen MR) is 96.6 cm³/mol. The van der Waals surface area contributed by atoms with Crippen LogP contribution in [0.5, 0.6) is 0 Å². The average molecular weight is 342 g/mol. The second-order valence-corrected chi connectivity index (χ2v) is 6.60. The lowest BCUT2D eigenvalue weighted by atomic mass is 9.85. The molecule has 0 spiro atoms. The number of hydrogen-bond donors (Lipinski definition) is 3. The van der Waals surface area contributed by atoms with Crippen LogP contribution < -0.4 is 10.6 Å². The number of benzene rings is 1. The fourth-order valence-electron chi connectivity index (χ4n) is 3.39. The normalized spacial score (nSPS) is 20.2. The van der Waals surface area contributed by atoms with Gasteiger partial charge in [-0.2, -0.15) is 5.10 Å². The first kappa shape index (κ1) is 17.5. The van der Waals surface area contributed by atoms with Gasteiger partial charge in [-0.3, -0.25) is 0 Å². The lowest BCUT2D eigenvalue weighted by Gasteiger charge is -2.30. The molecule has 0 radical (unpaired) electrons. The lowest BCUT2D eigenvalue weighted by Crippen LogP contribution is -2.48. The smallest absolute Gasteiger partial charge is 0.315 e. The Morgan fingerprint density at radius 1 is 1.24 bits per heavy atom. The number of carbonyl (C=O) groups is 1. The largest absolute Gasteiger partial charge is 0.396 e.